The van der Waals surface area contributed by atoms with E-state index < -0.39 is 5.97 Å². The molecule has 0 aliphatic rings. The number of carboxylic acid groups (broad SMARTS) is 1. The van der Waals surface area contributed by atoms with Crippen LogP contribution in [0.2, 0.25) is 5.02 Å². The molecule has 0 radical (unpaired) electrons. The molecule has 0 saturated heterocycles. The third kappa shape index (κ3) is 3.47. The summed E-state index contributed by atoms with van der Waals surface area (Å²) < 4.78 is 1.01. The summed E-state index contributed by atoms with van der Waals surface area (Å²) in [5, 5.41) is 16.0. The first-order valence-electron chi connectivity index (χ1n) is 7.93. The van der Waals surface area contributed by atoms with Crippen molar-refractivity contribution in [2.75, 3.05) is 5.32 Å². The maximum absolute atomic E-state index is 12.6. The zero-order valence-corrected chi connectivity index (χ0v) is 16.1. The van der Waals surface area contributed by atoms with Crippen LogP contribution in [0.15, 0.2) is 60.0 Å². The van der Waals surface area contributed by atoms with E-state index in [1.165, 1.54) is 22.7 Å². The summed E-state index contributed by atoms with van der Waals surface area (Å²) in [6.45, 7) is 0. The molecule has 0 saturated carbocycles. The van der Waals surface area contributed by atoms with Gasteiger partial charge >= 0.3 is 5.97 Å². The number of rotatable bonds is 4. The van der Waals surface area contributed by atoms with E-state index in [1.807, 2.05) is 30.3 Å². The van der Waals surface area contributed by atoms with E-state index in [2.05, 4.69) is 5.32 Å². The van der Waals surface area contributed by atoms with Crippen molar-refractivity contribution in [2.24, 2.45) is 0 Å². The molecule has 0 spiro atoms. The third-order valence-corrected chi connectivity index (χ3v) is 6.30. The lowest BCUT2D eigenvalue weighted by molar-refractivity contribution is 0.0699. The van der Waals surface area contributed by atoms with E-state index >= 15 is 0 Å². The highest BCUT2D eigenvalue weighted by atomic mass is 35.5. The van der Waals surface area contributed by atoms with Gasteiger partial charge in [-0.1, -0.05) is 41.9 Å². The second kappa shape index (κ2) is 7.15. The second-order valence-electron chi connectivity index (χ2n) is 5.77. The Morgan fingerprint density at radius 3 is 2.48 bits per heavy atom. The number of halogens is 1. The molecule has 0 bridgehead atoms. The van der Waals surface area contributed by atoms with Gasteiger partial charge in [-0.3, -0.25) is 4.79 Å². The molecule has 0 aliphatic heterocycles. The van der Waals surface area contributed by atoms with E-state index in [0.29, 0.717) is 20.5 Å². The fourth-order valence-corrected chi connectivity index (χ4v) is 4.80. The van der Waals surface area contributed by atoms with Crippen LogP contribution in [0.3, 0.4) is 0 Å². The van der Waals surface area contributed by atoms with Gasteiger partial charge in [-0.2, -0.15) is 0 Å². The molecular formula is C20H12ClNO3S2. The quantitative estimate of drug-likeness (QED) is 0.416. The van der Waals surface area contributed by atoms with Gasteiger partial charge in [-0.05, 0) is 35.2 Å². The summed E-state index contributed by atoms with van der Waals surface area (Å²) >= 11 is 8.47. The maximum atomic E-state index is 12.6. The summed E-state index contributed by atoms with van der Waals surface area (Å²) in [6, 6.07) is 16.5. The smallest absolute Gasteiger partial charge is 0.339 e. The van der Waals surface area contributed by atoms with Gasteiger partial charge in [0.1, 0.15) is 10.6 Å². The second-order valence-corrected chi connectivity index (χ2v) is 8.17. The van der Waals surface area contributed by atoms with E-state index in [4.69, 9.17) is 11.6 Å². The molecule has 4 aromatic rings. The van der Waals surface area contributed by atoms with E-state index in [-0.39, 0.29) is 11.5 Å². The molecule has 0 aliphatic carbocycles. The van der Waals surface area contributed by atoms with Gasteiger partial charge in [0.15, 0.2) is 0 Å². The zero-order valence-electron chi connectivity index (χ0n) is 13.7. The summed E-state index contributed by atoms with van der Waals surface area (Å²) in [7, 11) is 0. The predicted molar refractivity (Wildman–Crippen MR) is 112 cm³/mol. The van der Waals surface area contributed by atoms with Crippen molar-refractivity contribution in [1.82, 2.24) is 0 Å². The third-order valence-electron chi connectivity index (χ3n) is 4.04. The molecule has 4 nitrogen and oxygen atoms in total. The normalized spacial score (nSPS) is 10.9. The molecule has 1 amide bonds. The number of aromatic carboxylic acids is 1. The fraction of sp³-hybridized carbons (Fsp3) is 0. The van der Waals surface area contributed by atoms with Crippen LogP contribution in [0.25, 0.3) is 21.2 Å². The summed E-state index contributed by atoms with van der Waals surface area (Å²) in [5.41, 5.74) is 1.36. The summed E-state index contributed by atoms with van der Waals surface area (Å²) in [5.74, 6) is -1.41. The van der Waals surface area contributed by atoms with Gasteiger partial charge in [0.2, 0.25) is 0 Å². The molecule has 2 aromatic heterocycles. The van der Waals surface area contributed by atoms with Crippen molar-refractivity contribution in [1.29, 1.82) is 0 Å². The summed E-state index contributed by atoms with van der Waals surface area (Å²) in [6.07, 6.45) is 0. The molecule has 4 rings (SSSR count). The average molecular weight is 414 g/mol. The SMILES string of the molecule is O=C(Nc1scc(-c2ccc(Cl)cc2)c1C(=O)O)c1cc2ccccc2s1. The predicted octanol–water partition coefficient (Wildman–Crippen LogP) is 6.23. The number of carbonyl (C=O) groups is 2. The lowest BCUT2D eigenvalue weighted by Crippen LogP contribution is -2.12. The highest BCUT2D eigenvalue weighted by molar-refractivity contribution is 7.21. The lowest BCUT2D eigenvalue weighted by atomic mass is 10.0. The van der Waals surface area contributed by atoms with Crippen LogP contribution >= 0.6 is 34.3 Å². The molecule has 27 heavy (non-hydrogen) atoms. The van der Waals surface area contributed by atoms with Crippen LogP contribution in [0.1, 0.15) is 20.0 Å². The number of amides is 1. The van der Waals surface area contributed by atoms with Crippen molar-refractivity contribution in [3.05, 3.63) is 75.4 Å². The summed E-state index contributed by atoms with van der Waals surface area (Å²) in [4.78, 5) is 25.0. The van der Waals surface area contributed by atoms with Gasteiger partial charge in [-0.25, -0.2) is 4.79 Å². The Hall–Kier alpha value is -2.67. The number of carbonyl (C=O) groups excluding carboxylic acids is 1. The number of anilines is 1. The van der Waals surface area contributed by atoms with Crippen molar-refractivity contribution < 1.29 is 14.7 Å². The number of hydrogen-bond donors (Lipinski definition) is 2. The minimum absolute atomic E-state index is 0.0804. The molecule has 0 atom stereocenters. The number of hydrogen-bond acceptors (Lipinski definition) is 4. The molecule has 134 valence electrons. The average Bonchev–Trinajstić information content (AvgIpc) is 3.26. The molecule has 2 heterocycles. The largest absolute Gasteiger partial charge is 0.478 e. The van der Waals surface area contributed by atoms with Gasteiger partial charge in [0, 0.05) is 20.7 Å². The van der Waals surface area contributed by atoms with E-state index in [0.717, 1.165) is 15.6 Å². The highest BCUT2D eigenvalue weighted by Crippen LogP contribution is 2.37. The van der Waals surface area contributed by atoms with Crippen molar-refractivity contribution in [3.63, 3.8) is 0 Å². The molecule has 2 N–H and O–H groups in total. The Bertz CT molecular complexity index is 1130. The monoisotopic (exact) mass is 413 g/mol. The van der Waals surface area contributed by atoms with E-state index in [1.54, 1.807) is 29.6 Å². The first-order valence-corrected chi connectivity index (χ1v) is 10.0. The van der Waals surface area contributed by atoms with Crippen molar-refractivity contribution in [2.45, 2.75) is 0 Å². The van der Waals surface area contributed by atoms with E-state index in [9.17, 15) is 14.7 Å². The number of fused-ring (bicyclic) bond motifs is 1. The van der Waals surface area contributed by atoms with Crippen molar-refractivity contribution >= 4 is 61.2 Å². The Morgan fingerprint density at radius 1 is 1.04 bits per heavy atom. The first kappa shape index (κ1) is 17.7. The Kier molecular flexibility index (Phi) is 4.70. The number of nitrogens with one attached hydrogen (secondary N) is 1. The topological polar surface area (TPSA) is 66.4 Å². The van der Waals surface area contributed by atoms with Gasteiger partial charge in [-0.15, -0.1) is 22.7 Å². The number of carboxylic acids is 1. The minimum atomic E-state index is -1.09. The van der Waals surface area contributed by atoms with Crippen LogP contribution in [-0.4, -0.2) is 17.0 Å². The maximum Gasteiger partial charge on any atom is 0.339 e. The zero-order chi connectivity index (χ0) is 19.0. The molecule has 7 heteroatoms. The highest BCUT2D eigenvalue weighted by Gasteiger charge is 2.22. The van der Waals surface area contributed by atoms with Crippen LogP contribution < -0.4 is 5.32 Å². The first-order chi connectivity index (χ1) is 13.0. The standard InChI is InChI=1S/C20H12ClNO3S2/c21-13-7-5-11(6-8-13)14-10-26-19(17(14)20(24)25)22-18(23)16-9-12-3-1-2-4-15(12)27-16/h1-10H,(H,22,23)(H,24,25). The van der Waals surface area contributed by atoms with Crippen LogP contribution in [0, 0.1) is 0 Å². The molecule has 0 fully saturated rings. The van der Waals surface area contributed by atoms with Crippen LogP contribution in [0.5, 0.6) is 0 Å². The van der Waals surface area contributed by atoms with Gasteiger partial charge in [0.05, 0.1) is 4.88 Å². The number of thiophene rings is 2. The lowest BCUT2D eigenvalue weighted by Gasteiger charge is -2.05. The van der Waals surface area contributed by atoms with Crippen molar-refractivity contribution in [3.8, 4) is 11.1 Å². The molecule has 0 unspecified atom stereocenters. The Morgan fingerprint density at radius 2 is 1.78 bits per heavy atom. The minimum Gasteiger partial charge on any atom is -0.478 e. The van der Waals surface area contributed by atoms with Crippen LogP contribution in [-0.2, 0) is 0 Å². The Balaban J connectivity index is 1.68. The van der Waals surface area contributed by atoms with Gasteiger partial charge < -0.3 is 10.4 Å². The Labute approximate surface area is 167 Å². The van der Waals surface area contributed by atoms with Gasteiger partial charge in [0.25, 0.3) is 5.91 Å². The fourth-order valence-electron chi connectivity index (χ4n) is 2.76. The van der Waals surface area contributed by atoms with Crippen LogP contribution in [0.4, 0.5) is 5.00 Å². The number of benzene rings is 2. The molecular weight excluding hydrogens is 402 g/mol. The molecule has 2 aromatic carbocycles.